The molecule has 0 aliphatic heterocycles. The quantitative estimate of drug-likeness (QED) is 0.699. The van der Waals surface area contributed by atoms with E-state index in [1.165, 1.54) is 16.5 Å². The first-order valence-electron chi connectivity index (χ1n) is 6.66. The molecule has 1 heterocycles. The topological polar surface area (TPSA) is 22.0 Å². The summed E-state index contributed by atoms with van der Waals surface area (Å²) in [6, 6.07) is 8.29. The second-order valence-electron chi connectivity index (χ2n) is 5.52. The number of carbonyl (C=O) groups is 1. The Morgan fingerprint density at radius 1 is 1.16 bits per heavy atom. The van der Waals surface area contributed by atoms with E-state index in [4.69, 9.17) is 0 Å². The van der Waals surface area contributed by atoms with Gasteiger partial charge in [-0.25, -0.2) is 0 Å². The fourth-order valence-electron chi connectivity index (χ4n) is 3.55. The van der Waals surface area contributed by atoms with Crippen LogP contribution in [0.5, 0.6) is 0 Å². The largest absolute Gasteiger partial charge is 0.341 e. The van der Waals surface area contributed by atoms with Gasteiger partial charge in [-0.2, -0.15) is 0 Å². The lowest BCUT2D eigenvalue weighted by molar-refractivity contribution is 0.0947. The number of benzene rings is 1. The number of aromatic nitrogens is 1. The van der Waals surface area contributed by atoms with Crippen LogP contribution in [-0.4, -0.2) is 10.4 Å². The molecule has 0 N–H and O–H groups in total. The minimum Gasteiger partial charge on any atom is -0.341 e. The summed E-state index contributed by atoms with van der Waals surface area (Å²) < 4.78 is 2.06. The van der Waals surface area contributed by atoms with Gasteiger partial charge in [0, 0.05) is 23.9 Å². The highest BCUT2D eigenvalue weighted by molar-refractivity contribution is 6.09. The molecule has 1 aromatic carbocycles. The summed E-state index contributed by atoms with van der Waals surface area (Å²) in [6.07, 6.45) is 6.43. The first-order chi connectivity index (χ1) is 9.18. The first-order valence-corrected chi connectivity index (χ1v) is 6.66. The summed E-state index contributed by atoms with van der Waals surface area (Å²) in [5, 5.41) is 1.22. The van der Waals surface area contributed by atoms with Crippen LogP contribution < -0.4 is 0 Å². The third kappa shape index (κ3) is 1.24. The van der Waals surface area contributed by atoms with E-state index in [-0.39, 0.29) is 17.6 Å². The molecule has 0 amide bonds. The summed E-state index contributed by atoms with van der Waals surface area (Å²) >= 11 is 0. The zero-order valence-electron chi connectivity index (χ0n) is 11.1. The number of carbonyl (C=O) groups excluding carboxylic acids is 1. The lowest BCUT2D eigenvalue weighted by Gasteiger charge is -2.17. The molecule has 1 aromatic heterocycles. The maximum Gasteiger partial charge on any atom is 0.187 e. The van der Waals surface area contributed by atoms with Crippen molar-refractivity contribution in [3.8, 4) is 0 Å². The number of aryl methyl sites for hydroxylation is 1. The molecule has 2 unspecified atom stereocenters. The molecule has 0 fully saturated rings. The molecule has 2 aliphatic rings. The number of nitrogens with zero attached hydrogens (tertiary/aromatic N) is 1. The van der Waals surface area contributed by atoms with Crippen LogP contribution in [-0.2, 0) is 7.05 Å². The van der Waals surface area contributed by atoms with Gasteiger partial charge in [0.05, 0.1) is 11.6 Å². The molecule has 2 heteroatoms. The van der Waals surface area contributed by atoms with Crippen LogP contribution in [0.2, 0.25) is 0 Å². The van der Waals surface area contributed by atoms with E-state index >= 15 is 0 Å². The van der Waals surface area contributed by atoms with Crippen LogP contribution in [0.15, 0.2) is 48.1 Å². The average Bonchev–Trinajstić information content (AvgIpc) is 2.87. The Bertz CT molecular complexity index is 776. The van der Waals surface area contributed by atoms with Crippen molar-refractivity contribution < 1.29 is 4.79 Å². The molecular formula is C17H15NO. The summed E-state index contributed by atoms with van der Waals surface area (Å²) in [5.41, 5.74) is 4.45. The predicted octanol–water partition coefficient (Wildman–Crippen LogP) is 3.59. The lowest BCUT2D eigenvalue weighted by Crippen LogP contribution is -2.14. The number of para-hydroxylation sites is 1. The van der Waals surface area contributed by atoms with Crippen molar-refractivity contribution in [1.29, 1.82) is 0 Å². The van der Waals surface area contributed by atoms with Crippen molar-refractivity contribution in [2.45, 2.75) is 12.8 Å². The highest BCUT2D eigenvalue weighted by Crippen LogP contribution is 2.46. The molecule has 0 radical (unpaired) electrons. The van der Waals surface area contributed by atoms with Crippen molar-refractivity contribution in [3.63, 3.8) is 0 Å². The van der Waals surface area contributed by atoms with E-state index in [0.717, 1.165) is 11.2 Å². The van der Waals surface area contributed by atoms with E-state index in [1.807, 2.05) is 19.2 Å². The molecule has 2 nitrogen and oxygen atoms in total. The van der Waals surface area contributed by atoms with Gasteiger partial charge >= 0.3 is 0 Å². The summed E-state index contributed by atoms with van der Waals surface area (Å²) in [6.45, 7) is 2.06. The number of hydrogen-bond acceptors (Lipinski definition) is 1. The van der Waals surface area contributed by atoms with Crippen molar-refractivity contribution >= 4 is 16.7 Å². The van der Waals surface area contributed by atoms with Gasteiger partial charge < -0.3 is 4.57 Å². The Morgan fingerprint density at radius 2 is 1.95 bits per heavy atom. The summed E-state index contributed by atoms with van der Waals surface area (Å²) in [7, 11) is 2.00. The Balaban J connectivity index is 2.07. The summed E-state index contributed by atoms with van der Waals surface area (Å²) in [4.78, 5) is 12.7. The second kappa shape index (κ2) is 3.47. The second-order valence-corrected chi connectivity index (χ2v) is 5.52. The van der Waals surface area contributed by atoms with Crippen LogP contribution in [0.4, 0.5) is 0 Å². The minimum absolute atomic E-state index is 0.00538. The molecule has 2 aliphatic carbocycles. The molecule has 0 saturated carbocycles. The van der Waals surface area contributed by atoms with E-state index in [2.05, 4.69) is 41.9 Å². The zero-order chi connectivity index (χ0) is 13.1. The number of allylic oxidation sites excluding steroid dienone is 4. The molecule has 2 atom stereocenters. The third-order valence-electron chi connectivity index (χ3n) is 4.41. The highest BCUT2D eigenvalue weighted by Gasteiger charge is 2.41. The number of ketones is 1. The molecular weight excluding hydrogens is 234 g/mol. The average molecular weight is 249 g/mol. The van der Waals surface area contributed by atoms with Crippen molar-refractivity contribution in [1.82, 2.24) is 4.57 Å². The smallest absolute Gasteiger partial charge is 0.187 e. The van der Waals surface area contributed by atoms with Crippen molar-refractivity contribution in [2.75, 3.05) is 0 Å². The fraction of sp³-hybridized carbons (Fsp3) is 0.235. The number of hydrogen-bond donors (Lipinski definition) is 0. The SMILES string of the molecule is CC1=CC2C(=O)c3c(c4ccccc4n3C)C2C=C1. The van der Waals surface area contributed by atoms with Crippen molar-refractivity contribution in [2.24, 2.45) is 13.0 Å². The Hall–Kier alpha value is -2.09. The van der Waals surface area contributed by atoms with Gasteiger partial charge in [0.1, 0.15) is 0 Å². The molecule has 2 aromatic rings. The maximum atomic E-state index is 12.7. The molecule has 0 bridgehead atoms. The third-order valence-corrected chi connectivity index (χ3v) is 4.41. The number of Topliss-reactive ketones (excluding diaryl/α,β-unsaturated/α-hetero) is 1. The van der Waals surface area contributed by atoms with Gasteiger partial charge in [0.25, 0.3) is 0 Å². The Morgan fingerprint density at radius 3 is 2.79 bits per heavy atom. The normalized spacial score (nSPS) is 24.5. The number of fused-ring (bicyclic) bond motifs is 5. The standard InChI is InChI=1S/C17H15NO/c1-10-7-8-11-13(9-10)17(19)16-15(11)12-5-3-4-6-14(12)18(16)2/h3-9,11,13H,1-2H3. The van der Waals surface area contributed by atoms with Crippen molar-refractivity contribution in [3.05, 3.63) is 59.3 Å². The Labute approximate surface area is 112 Å². The van der Waals surface area contributed by atoms with Gasteiger partial charge in [0.2, 0.25) is 0 Å². The molecule has 19 heavy (non-hydrogen) atoms. The monoisotopic (exact) mass is 249 g/mol. The number of rotatable bonds is 0. The minimum atomic E-state index is 0.00538. The highest BCUT2D eigenvalue weighted by atomic mass is 16.1. The van der Waals surface area contributed by atoms with Gasteiger partial charge in [0.15, 0.2) is 5.78 Å². The predicted molar refractivity (Wildman–Crippen MR) is 76.4 cm³/mol. The molecule has 94 valence electrons. The van der Waals surface area contributed by atoms with E-state index in [9.17, 15) is 4.79 Å². The van der Waals surface area contributed by atoms with Gasteiger partial charge in [-0.1, -0.05) is 42.0 Å². The maximum absolute atomic E-state index is 12.7. The zero-order valence-corrected chi connectivity index (χ0v) is 11.1. The molecule has 0 spiro atoms. The van der Waals surface area contributed by atoms with Crippen LogP contribution >= 0.6 is 0 Å². The van der Waals surface area contributed by atoms with Crippen LogP contribution in [0.1, 0.15) is 28.9 Å². The molecule has 4 rings (SSSR count). The first kappa shape index (κ1) is 10.8. The lowest BCUT2D eigenvalue weighted by atomic mass is 9.85. The van der Waals surface area contributed by atoms with Crippen LogP contribution in [0, 0.1) is 5.92 Å². The van der Waals surface area contributed by atoms with Crippen LogP contribution in [0.25, 0.3) is 10.9 Å². The molecule has 0 saturated heterocycles. The fourth-order valence-corrected chi connectivity index (χ4v) is 3.55. The van der Waals surface area contributed by atoms with E-state index < -0.39 is 0 Å². The van der Waals surface area contributed by atoms with Crippen LogP contribution in [0.3, 0.4) is 0 Å². The van der Waals surface area contributed by atoms with Gasteiger partial charge in [-0.05, 0) is 18.6 Å². The Kier molecular flexibility index (Phi) is 1.97. The van der Waals surface area contributed by atoms with Gasteiger partial charge in [-0.15, -0.1) is 0 Å². The van der Waals surface area contributed by atoms with E-state index in [1.54, 1.807) is 0 Å². The summed E-state index contributed by atoms with van der Waals surface area (Å²) in [5.74, 6) is 0.491. The van der Waals surface area contributed by atoms with E-state index in [0.29, 0.717) is 0 Å². The van der Waals surface area contributed by atoms with Gasteiger partial charge in [-0.3, -0.25) is 4.79 Å².